The first-order valence-corrected chi connectivity index (χ1v) is 8.90. The normalized spacial score (nSPS) is 11.0. The van der Waals surface area contributed by atoms with Gasteiger partial charge in [0, 0.05) is 36.6 Å². The van der Waals surface area contributed by atoms with E-state index in [-0.39, 0.29) is 5.91 Å². The Morgan fingerprint density at radius 3 is 2.48 bits per heavy atom. The fraction of sp³-hybridized carbons (Fsp3) is 0.350. The number of nitrogens with zero attached hydrogens (tertiary/aromatic N) is 4. The first-order chi connectivity index (χ1) is 12.2. The van der Waals surface area contributed by atoms with E-state index in [2.05, 4.69) is 23.9 Å². The highest BCUT2D eigenvalue weighted by Crippen LogP contribution is 2.26. The fourth-order valence-corrected chi connectivity index (χ4v) is 3.09. The summed E-state index contributed by atoms with van der Waals surface area (Å²) in [6, 6.07) is 11.8. The van der Waals surface area contributed by atoms with Crippen LogP contribution in [-0.4, -0.2) is 38.5 Å². The molecule has 3 rings (SSSR count). The minimum atomic E-state index is 0.140. The van der Waals surface area contributed by atoms with Gasteiger partial charge in [-0.25, -0.2) is 9.50 Å². The number of amides is 1. The van der Waals surface area contributed by atoms with Crippen molar-refractivity contribution in [3.63, 3.8) is 0 Å². The maximum Gasteiger partial charge on any atom is 0.227 e. The predicted molar refractivity (Wildman–Crippen MR) is 99.3 cm³/mol. The van der Waals surface area contributed by atoms with Crippen LogP contribution in [-0.2, 0) is 11.2 Å². The van der Waals surface area contributed by atoms with Crippen LogP contribution in [0.3, 0.4) is 0 Å². The maximum atomic E-state index is 12.9. The molecule has 1 amide bonds. The Bertz CT molecular complexity index is 835. The molecular formula is C20H24N4O. The van der Waals surface area contributed by atoms with Crippen LogP contribution >= 0.6 is 0 Å². The van der Waals surface area contributed by atoms with E-state index in [4.69, 9.17) is 0 Å². The highest BCUT2D eigenvalue weighted by atomic mass is 16.2. The molecule has 0 bridgehead atoms. The Morgan fingerprint density at radius 1 is 1.08 bits per heavy atom. The second-order valence-electron chi connectivity index (χ2n) is 6.14. The van der Waals surface area contributed by atoms with Crippen LogP contribution in [0.2, 0.25) is 0 Å². The van der Waals surface area contributed by atoms with Gasteiger partial charge in [-0.1, -0.05) is 44.2 Å². The molecule has 130 valence electrons. The van der Waals surface area contributed by atoms with Gasteiger partial charge in [-0.3, -0.25) is 4.79 Å². The highest BCUT2D eigenvalue weighted by molar-refractivity contribution is 5.84. The Kier molecular flexibility index (Phi) is 5.43. The van der Waals surface area contributed by atoms with E-state index in [1.807, 2.05) is 47.5 Å². The van der Waals surface area contributed by atoms with Crippen molar-refractivity contribution in [2.75, 3.05) is 13.1 Å². The summed E-state index contributed by atoms with van der Waals surface area (Å²) in [5, 5.41) is 4.67. The third-order valence-corrected chi connectivity index (χ3v) is 4.21. The number of hydrogen-bond donors (Lipinski definition) is 0. The summed E-state index contributed by atoms with van der Waals surface area (Å²) < 4.78 is 1.76. The summed E-state index contributed by atoms with van der Waals surface area (Å²) >= 11 is 0. The van der Waals surface area contributed by atoms with Gasteiger partial charge >= 0.3 is 0 Å². The molecule has 5 heteroatoms. The minimum absolute atomic E-state index is 0.140. The van der Waals surface area contributed by atoms with E-state index in [0.717, 1.165) is 48.4 Å². The molecule has 0 saturated heterocycles. The lowest BCUT2D eigenvalue weighted by Gasteiger charge is -2.21. The quantitative estimate of drug-likeness (QED) is 0.662. The molecule has 0 unspecified atom stereocenters. The van der Waals surface area contributed by atoms with E-state index in [0.29, 0.717) is 6.42 Å². The van der Waals surface area contributed by atoms with Gasteiger partial charge in [0.2, 0.25) is 5.91 Å². The molecule has 0 aliphatic heterocycles. The van der Waals surface area contributed by atoms with Crippen molar-refractivity contribution in [1.82, 2.24) is 19.5 Å². The molecule has 0 aliphatic carbocycles. The van der Waals surface area contributed by atoms with E-state index < -0.39 is 0 Å². The zero-order valence-corrected chi connectivity index (χ0v) is 14.9. The van der Waals surface area contributed by atoms with Gasteiger partial charge in [-0.2, -0.15) is 5.10 Å². The molecule has 0 spiro atoms. The lowest BCUT2D eigenvalue weighted by Crippen LogP contribution is -2.33. The van der Waals surface area contributed by atoms with Crippen molar-refractivity contribution in [1.29, 1.82) is 0 Å². The van der Waals surface area contributed by atoms with Crippen LogP contribution in [0.4, 0.5) is 0 Å². The van der Waals surface area contributed by atoms with Crippen molar-refractivity contribution < 1.29 is 4.79 Å². The van der Waals surface area contributed by atoms with Crippen molar-refractivity contribution in [2.45, 2.75) is 33.1 Å². The maximum absolute atomic E-state index is 12.9. The van der Waals surface area contributed by atoms with Gasteiger partial charge in [0.1, 0.15) is 0 Å². The second-order valence-corrected chi connectivity index (χ2v) is 6.14. The smallest absolute Gasteiger partial charge is 0.227 e. The topological polar surface area (TPSA) is 50.5 Å². The molecule has 2 heterocycles. The van der Waals surface area contributed by atoms with Gasteiger partial charge in [0.25, 0.3) is 0 Å². The van der Waals surface area contributed by atoms with Crippen molar-refractivity contribution in [2.24, 2.45) is 0 Å². The Hall–Kier alpha value is -2.69. The lowest BCUT2D eigenvalue weighted by molar-refractivity contribution is -0.130. The van der Waals surface area contributed by atoms with Crippen molar-refractivity contribution >= 4 is 11.6 Å². The summed E-state index contributed by atoms with van der Waals surface area (Å²) in [5.74, 6) is 0.140. The molecule has 0 radical (unpaired) electrons. The van der Waals surface area contributed by atoms with Crippen molar-refractivity contribution in [3.05, 3.63) is 54.4 Å². The molecule has 0 N–H and O–H groups in total. The fourth-order valence-electron chi connectivity index (χ4n) is 3.09. The van der Waals surface area contributed by atoms with Gasteiger partial charge in [0.15, 0.2) is 5.65 Å². The van der Waals surface area contributed by atoms with Crippen LogP contribution < -0.4 is 0 Å². The van der Waals surface area contributed by atoms with Crippen LogP contribution in [0, 0.1) is 0 Å². The number of carbonyl (C=O) groups excluding carboxylic acids is 1. The largest absolute Gasteiger partial charge is 0.342 e. The van der Waals surface area contributed by atoms with Gasteiger partial charge in [-0.15, -0.1) is 0 Å². The number of aromatic nitrogens is 3. The predicted octanol–water partition coefficient (Wildman–Crippen LogP) is 3.59. The average molecular weight is 336 g/mol. The van der Waals surface area contributed by atoms with E-state index >= 15 is 0 Å². The summed E-state index contributed by atoms with van der Waals surface area (Å²) in [6.07, 6.45) is 5.87. The molecule has 3 aromatic rings. The van der Waals surface area contributed by atoms with E-state index in [1.165, 1.54) is 0 Å². The molecule has 2 aromatic heterocycles. The zero-order chi connectivity index (χ0) is 17.6. The summed E-state index contributed by atoms with van der Waals surface area (Å²) in [7, 11) is 0. The number of rotatable bonds is 7. The number of benzene rings is 1. The number of hydrogen-bond acceptors (Lipinski definition) is 3. The third kappa shape index (κ3) is 3.71. The first-order valence-electron chi connectivity index (χ1n) is 8.90. The molecular weight excluding hydrogens is 312 g/mol. The summed E-state index contributed by atoms with van der Waals surface area (Å²) in [6.45, 7) is 5.78. The first kappa shape index (κ1) is 17.1. The second kappa shape index (κ2) is 7.92. The van der Waals surface area contributed by atoms with Crippen molar-refractivity contribution in [3.8, 4) is 11.3 Å². The van der Waals surface area contributed by atoms with Gasteiger partial charge in [-0.05, 0) is 18.9 Å². The molecule has 0 aliphatic rings. The summed E-state index contributed by atoms with van der Waals surface area (Å²) in [4.78, 5) is 19.3. The minimum Gasteiger partial charge on any atom is -0.342 e. The van der Waals surface area contributed by atoms with Gasteiger partial charge in [0.05, 0.1) is 12.1 Å². The van der Waals surface area contributed by atoms with Gasteiger partial charge < -0.3 is 4.90 Å². The van der Waals surface area contributed by atoms with E-state index in [9.17, 15) is 4.79 Å². The highest BCUT2D eigenvalue weighted by Gasteiger charge is 2.21. The third-order valence-electron chi connectivity index (χ3n) is 4.21. The number of fused-ring (bicyclic) bond motifs is 1. The molecule has 5 nitrogen and oxygen atoms in total. The Balaban J connectivity index is 2.01. The zero-order valence-electron chi connectivity index (χ0n) is 14.9. The average Bonchev–Trinajstić information content (AvgIpc) is 3.01. The number of carbonyl (C=O) groups is 1. The standard InChI is InChI=1S/C20H24N4O/c1-3-12-23(13-4-2)18(25)15-17-19(16-9-6-5-7-10-16)22-24-14-8-11-21-20(17)24/h5-11,14H,3-4,12-13,15H2,1-2H3. The van der Waals surface area contributed by atoms with Crippen LogP contribution in [0.15, 0.2) is 48.8 Å². The molecule has 1 aromatic carbocycles. The van der Waals surface area contributed by atoms with E-state index in [1.54, 1.807) is 10.7 Å². The summed E-state index contributed by atoms with van der Waals surface area (Å²) in [5.41, 5.74) is 3.49. The molecule has 0 fully saturated rings. The lowest BCUT2D eigenvalue weighted by atomic mass is 10.0. The van der Waals surface area contributed by atoms with Crippen LogP contribution in [0.5, 0.6) is 0 Å². The van der Waals surface area contributed by atoms with Crippen LogP contribution in [0.25, 0.3) is 16.9 Å². The Labute approximate surface area is 148 Å². The molecule has 25 heavy (non-hydrogen) atoms. The molecule has 0 saturated carbocycles. The monoisotopic (exact) mass is 336 g/mol. The SMILES string of the molecule is CCCN(CCC)C(=O)Cc1c(-c2ccccc2)nn2cccnc12. The molecule has 0 atom stereocenters. The van der Waals surface area contributed by atoms with Crippen LogP contribution in [0.1, 0.15) is 32.3 Å². The Morgan fingerprint density at radius 2 is 1.80 bits per heavy atom.